The Balaban J connectivity index is 1.77. The summed E-state index contributed by atoms with van der Waals surface area (Å²) >= 11 is 0. The van der Waals surface area contributed by atoms with Gasteiger partial charge in [-0.3, -0.25) is 14.4 Å². The quantitative estimate of drug-likeness (QED) is 0.787. The molecule has 0 saturated heterocycles. The first-order valence-electron chi connectivity index (χ1n) is 7.72. The normalized spacial score (nSPS) is 15.4. The van der Waals surface area contributed by atoms with Gasteiger partial charge in [-0.25, -0.2) is 9.40 Å². The van der Waals surface area contributed by atoms with E-state index >= 15 is 0 Å². The van der Waals surface area contributed by atoms with Gasteiger partial charge in [-0.05, 0) is 24.3 Å². The number of rotatable bonds is 3. The highest BCUT2D eigenvalue weighted by Gasteiger charge is 2.46. The van der Waals surface area contributed by atoms with Crippen molar-refractivity contribution in [3.63, 3.8) is 0 Å². The lowest BCUT2D eigenvalue weighted by atomic mass is 10.1. The first-order valence-corrected chi connectivity index (χ1v) is 7.72. The van der Waals surface area contributed by atoms with Crippen LogP contribution in [-0.2, 0) is 6.54 Å². The first kappa shape index (κ1) is 16.1. The molecule has 4 rings (SSSR count). The fourth-order valence-corrected chi connectivity index (χ4v) is 3.32. The van der Waals surface area contributed by atoms with Crippen LogP contribution in [0.25, 0.3) is 0 Å². The number of imide groups is 1. The van der Waals surface area contributed by atoms with Gasteiger partial charge in [-0.15, -0.1) is 0 Å². The van der Waals surface area contributed by atoms with E-state index in [-0.39, 0.29) is 17.7 Å². The molecule has 2 aliphatic rings. The van der Waals surface area contributed by atoms with Crippen molar-refractivity contribution in [1.29, 1.82) is 0 Å². The van der Waals surface area contributed by atoms with E-state index in [0.29, 0.717) is 27.6 Å². The molecule has 0 radical (unpaired) electrons. The second-order valence-electron chi connectivity index (χ2n) is 5.77. The van der Waals surface area contributed by atoms with Crippen LogP contribution in [-0.4, -0.2) is 42.0 Å². The third-order valence-corrected chi connectivity index (χ3v) is 4.51. The Kier molecular flexibility index (Phi) is 3.43. The van der Waals surface area contributed by atoms with Gasteiger partial charge in [0.05, 0.1) is 37.5 Å². The SMILES string of the molecule is COc1ccc2c(c1OC)CN(N1C(=O)c3cccc(F)c3C1=O)C2=O. The Hall–Kier alpha value is -3.42. The van der Waals surface area contributed by atoms with Crippen molar-refractivity contribution in [2.75, 3.05) is 14.2 Å². The number of ether oxygens (including phenoxy) is 2. The first-order chi connectivity index (χ1) is 12.5. The van der Waals surface area contributed by atoms with Crippen LogP contribution in [0.15, 0.2) is 30.3 Å². The molecule has 0 N–H and O–H groups in total. The van der Waals surface area contributed by atoms with E-state index in [0.717, 1.165) is 11.1 Å². The van der Waals surface area contributed by atoms with Crippen molar-refractivity contribution in [2.45, 2.75) is 6.54 Å². The van der Waals surface area contributed by atoms with Gasteiger partial charge in [0.25, 0.3) is 17.7 Å². The molecular weight excluding hydrogens is 343 g/mol. The Morgan fingerprint density at radius 2 is 1.69 bits per heavy atom. The summed E-state index contributed by atoms with van der Waals surface area (Å²) in [7, 11) is 2.90. The number of methoxy groups -OCH3 is 2. The summed E-state index contributed by atoms with van der Waals surface area (Å²) in [4.78, 5) is 38.0. The molecule has 132 valence electrons. The fraction of sp³-hybridized carbons (Fsp3) is 0.167. The highest BCUT2D eigenvalue weighted by molar-refractivity contribution is 6.22. The lowest BCUT2D eigenvalue weighted by Gasteiger charge is -2.25. The molecule has 0 aliphatic carbocycles. The molecule has 8 heteroatoms. The molecule has 2 heterocycles. The van der Waals surface area contributed by atoms with Gasteiger partial charge in [0.15, 0.2) is 11.5 Å². The van der Waals surface area contributed by atoms with Crippen LogP contribution in [0, 0.1) is 5.82 Å². The van der Waals surface area contributed by atoms with Crippen molar-refractivity contribution in [3.8, 4) is 11.5 Å². The van der Waals surface area contributed by atoms with E-state index in [9.17, 15) is 18.8 Å². The molecule has 0 saturated carbocycles. The standard InChI is InChI=1S/C18H13FN2O5/c1-25-13-7-6-9-11(15(13)26-2)8-20(16(9)22)21-17(23)10-4-3-5-12(19)14(10)18(21)24/h3-7H,8H2,1-2H3. The second kappa shape index (κ2) is 5.55. The van der Waals surface area contributed by atoms with E-state index in [1.807, 2.05) is 0 Å². The van der Waals surface area contributed by atoms with Crippen molar-refractivity contribution in [2.24, 2.45) is 0 Å². The van der Waals surface area contributed by atoms with Crippen molar-refractivity contribution < 1.29 is 28.2 Å². The topological polar surface area (TPSA) is 76.2 Å². The zero-order chi connectivity index (χ0) is 18.6. The van der Waals surface area contributed by atoms with Crippen LogP contribution in [0.4, 0.5) is 4.39 Å². The average molecular weight is 356 g/mol. The van der Waals surface area contributed by atoms with E-state index in [1.165, 1.54) is 32.4 Å². The molecule has 7 nitrogen and oxygen atoms in total. The van der Waals surface area contributed by atoms with E-state index < -0.39 is 23.5 Å². The molecule has 0 atom stereocenters. The summed E-state index contributed by atoms with van der Waals surface area (Å²) in [5.41, 5.74) is 0.391. The summed E-state index contributed by atoms with van der Waals surface area (Å²) in [5, 5.41) is 1.68. The average Bonchev–Trinajstić information content (AvgIpc) is 3.09. The molecule has 2 aromatic rings. The highest BCUT2D eigenvalue weighted by Crippen LogP contribution is 2.40. The van der Waals surface area contributed by atoms with Crippen LogP contribution >= 0.6 is 0 Å². The predicted molar refractivity (Wildman–Crippen MR) is 86.3 cm³/mol. The fourth-order valence-electron chi connectivity index (χ4n) is 3.32. The minimum absolute atomic E-state index is 0.0664. The molecule has 0 fully saturated rings. The zero-order valence-corrected chi connectivity index (χ0v) is 13.9. The number of amides is 3. The number of hydrogen-bond acceptors (Lipinski definition) is 5. The molecular formula is C18H13FN2O5. The lowest BCUT2D eigenvalue weighted by molar-refractivity contribution is 0.00462. The maximum atomic E-state index is 14.0. The largest absolute Gasteiger partial charge is 0.493 e. The zero-order valence-electron chi connectivity index (χ0n) is 13.9. The maximum Gasteiger partial charge on any atom is 0.283 e. The van der Waals surface area contributed by atoms with Gasteiger partial charge >= 0.3 is 0 Å². The number of carbonyl (C=O) groups excluding carboxylic acids is 3. The molecule has 0 bridgehead atoms. The van der Waals surface area contributed by atoms with Crippen molar-refractivity contribution in [3.05, 3.63) is 58.4 Å². The molecule has 2 aliphatic heterocycles. The van der Waals surface area contributed by atoms with Crippen LogP contribution in [0.5, 0.6) is 11.5 Å². The number of nitrogens with zero attached hydrogens (tertiary/aromatic N) is 2. The van der Waals surface area contributed by atoms with Gasteiger partial charge in [0, 0.05) is 5.56 Å². The van der Waals surface area contributed by atoms with Gasteiger partial charge in [-0.2, -0.15) is 5.01 Å². The third kappa shape index (κ3) is 1.95. The number of halogens is 1. The van der Waals surface area contributed by atoms with E-state index in [4.69, 9.17) is 9.47 Å². The van der Waals surface area contributed by atoms with Crippen LogP contribution in [0.2, 0.25) is 0 Å². The predicted octanol–water partition coefficient (Wildman–Crippen LogP) is 2.01. The molecule has 3 amide bonds. The number of fused-ring (bicyclic) bond motifs is 2. The van der Waals surface area contributed by atoms with Crippen molar-refractivity contribution in [1.82, 2.24) is 10.0 Å². The summed E-state index contributed by atoms with van der Waals surface area (Å²) in [6.45, 7) is -0.0678. The second-order valence-corrected chi connectivity index (χ2v) is 5.77. The highest BCUT2D eigenvalue weighted by atomic mass is 19.1. The number of hydrogen-bond donors (Lipinski definition) is 0. The van der Waals surface area contributed by atoms with Gasteiger partial charge in [-0.1, -0.05) is 6.07 Å². The third-order valence-electron chi connectivity index (χ3n) is 4.51. The minimum Gasteiger partial charge on any atom is -0.493 e. The van der Waals surface area contributed by atoms with E-state index in [2.05, 4.69) is 0 Å². The Labute approximate surface area is 147 Å². The minimum atomic E-state index is -0.866. The molecule has 2 aromatic carbocycles. The van der Waals surface area contributed by atoms with Crippen LogP contribution in [0.3, 0.4) is 0 Å². The number of carbonyl (C=O) groups is 3. The Morgan fingerprint density at radius 3 is 2.35 bits per heavy atom. The summed E-state index contributed by atoms with van der Waals surface area (Å²) in [5.74, 6) is -2.17. The lowest BCUT2D eigenvalue weighted by Crippen LogP contribution is -2.46. The molecule has 0 unspecified atom stereocenters. The van der Waals surface area contributed by atoms with Gasteiger partial charge in [0.2, 0.25) is 0 Å². The summed E-state index contributed by atoms with van der Waals surface area (Å²) in [6.07, 6.45) is 0. The maximum absolute atomic E-state index is 14.0. The molecule has 0 spiro atoms. The van der Waals surface area contributed by atoms with Crippen molar-refractivity contribution >= 4 is 17.7 Å². The summed E-state index contributed by atoms with van der Waals surface area (Å²) < 4.78 is 24.5. The molecule has 0 aromatic heterocycles. The van der Waals surface area contributed by atoms with Gasteiger partial charge in [0.1, 0.15) is 5.82 Å². The number of hydrazine groups is 1. The van der Waals surface area contributed by atoms with Crippen LogP contribution in [0.1, 0.15) is 36.6 Å². The molecule has 26 heavy (non-hydrogen) atoms. The monoisotopic (exact) mass is 356 g/mol. The van der Waals surface area contributed by atoms with Gasteiger partial charge < -0.3 is 9.47 Å². The smallest absolute Gasteiger partial charge is 0.283 e. The summed E-state index contributed by atoms with van der Waals surface area (Å²) in [6, 6.07) is 6.91. The number of benzene rings is 2. The van der Waals surface area contributed by atoms with E-state index in [1.54, 1.807) is 6.07 Å². The van der Waals surface area contributed by atoms with Crippen LogP contribution < -0.4 is 9.47 Å². The Morgan fingerprint density at radius 1 is 0.923 bits per heavy atom. The Bertz CT molecular complexity index is 988.